The van der Waals surface area contributed by atoms with Crippen LogP contribution in [0.25, 0.3) is 44.0 Å². The molecule has 2 heterocycles. The third-order valence-corrected chi connectivity index (χ3v) is 5.36. The molecule has 0 radical (unpaired) electrons. The molecule has 0 aliphatic rings. The molecule has 0 spiro atoms. The summed E-state index contributed by atoms with van der Waals surface area (Å²) in [6, 6.07) is 19.0. The molecule has 3 aromatic carbocycles. The average Bonchev–Trinajstić information content (AvgIpc) is 3.02. The van der Waals surface area contributed by atoms with Crippen molar-refractivity contribution in [1.82, 2.24) is 5.10 Å². The van der Waals surface area contributed by atoms with Crippen molar-refractivity contribution in [3.05, 3.63) is 71.9 Å². The van der Waals surface area contributed by atoms with Crippen molar-refractivity contribution in [3.63, 3.8) is 0 Å². The van der Waals surface area contributed by atoms with Gasteiger partial charge in [-0.1, -0.05) is 35.0 Å². The van der Waals surface area contributed by atoms with Crippen LogP contribution in [0.5, 0.6) is 0 Å². The van der Waals surface area contributed by atoms with E-state index in [0.717, 1.165) is 22.4 Å². The zero-order chi connectivity index (χ0) is 17.8. The van der Waals surface area contributed by atoms with Crippen LogP contribution in [-0.2, 0) is 7.05 Å². The molecule has 126 valence electrons. The van der Waals surface area contributed by atoms with E-state index in [2.05, 4.69) is 67.5 Å². The lowest BCUT2D eigenvalue weighted by atomic mass is 9.95. The smallest absolute Gasteiger partial charge is 0.242 e. The first kappa shape index (κ1) is 15.1. The molecule has 0 unspecified atom stereocenters. The molecule has 0 amide bonds. The first-order valence-corrected chi connectivity index (χ1v) is 8.81. The number of aryl methyl sites for hydroxylation is 2. The second kappa shape index (κ2) is 5.40. The molecule has 3 heteroatoms. The van der Waals surface area contributed by atoms with Gasteiger partial charge in [-0.15, -0.1) is 0 Å². The number of furan rings is 1. The van der Waals surface area contributed by atoms with Crippen molar-refractivity contribution < 1.29 is 9.10 Å². The zero-order valence-electron chi connectivity index (χ0n) is 15.1. The maximum atomic E-state index is 6.40. The highest BCUT2D eigenvalue weighted by atomic mass is 16.3. The first-order chi connectivity index (χ1) is 12.6. The maximum Gasteiger partial charge on any atom is 0.242 e. The standard InChI is InChI=1S/C23H19N2O/c1-14-13-18-22-17-8-5-4-7-16(17)10-11-20(22)26-23(18)21(15(14)2)19-9-6-12-24-25(19)3/h4-13H,1-3H3/q+1. The van der Waals surface area contributed by atoms with E-state index in [9.17, 15) is 0 Å². The lowest BCUT2D eigenvalue weighted by molar-refractivity contribution is -0.720. The summed E-state index contributed by atoms with van der Waals surface area (Å²) in [5.74, 6) is 0. The van der Waals surface area contributed by atoms with Crippen LogP contribution in [0.1, 0.15) is 11.1 Å². The van der Waals surface area contributed by atoms with Crippen LogP contribution >= 0.6 is 0 Å². The Morgan fingerprint density at radius 1 is 0.923 bits per heavy atom. The fourth-order valence-electron chi connectivity index (χ4n) is 3.90. The molecule has 0 aliphatic carbocycles. The van der Waals surface area contributed by atoms with E-state index in [1.807, 2.05) is 17.8 Å². The van der Waals surface area contributed by atoms with Crippen LogP contribution in [-0.4, -0.2) is 5.10 Å². The lowest BCUT2D eigenvalue weighted by Gasteiger charge is -2.07. The third-order valence-electron chi connectivity index (χ3n) is 5.36. The van der Waals surface area contributed by atoms with Gasteiger partial charge in [0.25, 0.3) is 0 Å². The van der Waals surface area contributed by atoms with Crippen LogP contribution in [0.3, 0.4) is 0 Å². The highest BCUT2D eigenvalue weighted by Crippen LogP contribution is 2.40. The van der Waals surface area contributed by atoms with Crippen molar-refractivity contribution in [2.45, 2.75) is 13.8 Å². The number of rotatable bonds is 1. The highest BCUT2D eigenvalue weighted by molar-refractivity contribution is 6.20. The molecule has 3 nitrogen and oxygen atoms in total. The highest BCUT2D eigenvalue weighted by Gasteiger charge is 2.23. The Balaban J connectivity index is 2.02. The Labute approximate surface area is 151 Å². The van der Waals surface area contributed by atoms with Crippen molar-refractivity contribution in [1.29, 1.82) is 0 Å². The Bertz CT molecular complexity index is 1310. The summed E-state index contributed by atoms with van der Waals surface area (Å²) in [4.78, 5) is 0. The van der Waals surface area contributed by atoms with E-state index < -0.39 is 0 Å². The van der Waals surface area contributed by atoms with Gasteiger partial charge in [-0.25, -0.2) is 0 Å². The summed E-state index contributed by atoms with van der Waals surface area (Å²) in [7, 11) is 1.97. The second-order valence-corrected chi connectivity index (χ2v) is 6.86. The molecule has 0 fully saturated rings. The van der Waals surface area contributed by atoms with Crippen molar-refractivity contribution in [3.8, 4) is 11.3 Å². The minimum Gasteiger partial charge on any atom is -0.455 e. The molecule has 5 rings (SSSR count). The molecular weight excluding hydrogens is 320 g/mol. The van der Waals surface area contributed by atoms with E-state index in [0.29, 0.717) is 0 Å². The Hall–Kier alpha value is -3.20. The second-order valence-electron chi connectivity index (χ2n) is 6.86. The summed E-state index contributed by atoms with van der Waals surface area (Å²) in [6.45, 7) is 4.32. The molecular formula is C23H19N2O+. The Morgan fingerprint density at radius 3 is 2.62 bits per heavy atom. The number of hydrogen-bond acceptors (Lipinski definition) is 2. The van der Waals surface area contributed by atoms with Crippen LogP contribution < -0.4 is 4.68 Å². The molecule has 5 aromatic rings. The third kappa shape index (κ3) is 2.00. The first-order valence-electron chi connectivity index (χ1n) is 8.81. The topological polar surface area (TPSA) is 29.9 Å². The molecule has 0 atom stereocenters. The quantitative estimate of drug-likeness (QED) is 0.391. The van der Waals surface area contributed by atoms with Gasteiger partial charge in [0.15, 0.2) is 7.05 Å². The SMILES string of the molecule is Cc1cc2c(oc3ccc4ccccc4c32)c(-c2cccn[n+]2C)c1C. The van der Waals surface area contributed by atoms with Gasteiger partial charge in [0.05, 0.1) is 11.8 Å². The normalized spacial score (nSPS) is 11.7. The Kier molecular flexibility index (Phi) is 3.13. The van der Waals surface area contributed by atoms with Crippen molar-refractivity contribution in [2.24, 2.45) is 7.05 Å². The van der Waals surface area contributed by atoms with E-state index in [1.54, 1.807) is 6.20 Å². The van der Waals surface area contributed by atoms with Crippen LogP contribution in [0.2, 0.25) is 0 Å². The molecule has 0 bridgehead atoms. The number of hydrogen-bond donors (Lipinski definition) is 0. The van der Waals surface area contributed by atoms with E-state index >= 15 is 0 Å². The fraction of sp³-hybridized carbons (Fsp3) is 0.130. The molecule has 0 N–H and O–H groups in total. The predicted molar refractivity (Wildman–Crippen MR) is 105 cm³/mol. The number of nitrogens with zero attached hydrogens (tertiary/aromatic N) is 2. The van der Waals surface area contributed by atoms with Crippen LogP contribution in [0.4, 0.5) is 0 Å². The van der Waals surface area contributed by atoms with Gasteiger partial charge in [0, 0.05) is 16.8 Å². The monoisotopic (exact) mass is 339 g/mol. The zero-order valence-corrected chi connectivity index (χ0v) is 15.1. The van der Waals surface area contributed by atoms with E-state index in [4.69, 9.17) is 4.42 Å². The largest absolute Gasteiger partial charge is 0.455 e. The van der Waals surface area contributed by atoms with Crippen LogP contribution in [0, 0.1) is 13.8 Å². The molecule has 2 aromatic heterocycles. The fourth-order valence-corrected chi connectivity index (χ4v) is 3.90. The molecule has 0 saturated heterocycles. The molecule has 0 saturated carbocycles. The summed E-state index contributed by atoms with van der Waals surface area (Å²) in [5.41, 5.74) is 6.52. The van der Waals surface area contributed by atoms with E-state index in [-0.39, 0.29) is 0 Å². The number of benzene rings is 3. The van der Waals surface area contributed by atoms with E-state index in [1.165, 1.54) is 32.7 Å². The summed E-state index contributed by atoms with van der Waals surface area (Å²) in [5, 5.41) is 9.23. The van der Waals surface area contributed by atoms with Crippen molar-refractivity contribution >= 4 is 32.7 Å². The lowest BCUT2D eigenvalue weighted by Crippen LogP contribution is -2.35. The predicted octanol–water partition coefficient (Wildman–Crippen LogP) is 5.24. The van der Waals surface area contributed by atoms with Gasteiger partial charge < -0.3 is 4.42 Å². The maximum absolute atomic E-state index is 6.40. The molecule has 26 heavy (non-hydrogen) atoms. The summed E-state index contributed by atoms with van der Waals surface area (Å²) >= 11 is 0. The van der Waals surface area contributed by atoms with Gasteiger partial charge in [-0.2, -0.15) is 0 Å². The van der Waals surface area contributed by atoms with Gasteiger partial charge in [0.1, 0.15) is 11.2 Å². The minimum absolute atomic E-state index is 0.927. The average molecular weight is 339 g/mol. The molecule has 0 aliphatic heterocycles. The Morgan fingerprint density at radius 2 is 1.77 bits per heavy atom. The van der Waals surface area contributed by atoms with Crippen molar-refractivity contribution in [2.75, 3.05) is 0 Å². The summed E-state index contributed by atoms with van der Waals surface area (Å²) < 4.78 is 8.31. The van der Waals surface area contributed by atoms with Gasteiger partial charge in [0.2, 0.25) is 5.69 Å². The number of fused-ring (bicyclic) bond motifs is 5. The van der Waals surface area contributed by atoms with Crippen LogP contribution in [0.15, 0.2) is 65.2 Å². The summed E-state index contributed by atoms with van der Waals surface area (Å²) in [6.07, 6.45) is 1.80. The van der Waals surface area contributed by atoms with Gasteiger partial charge >= 0.3 is 0 Å². The number of aromatic nitrogens is 2. The minimum atomic E-state index is 0.927. The van der Waals surface area contributed by atoms with Gasteiger partial charge in [-0.05, 0) is 59.0 Å². The van der Waals surface area contributed by atoms with Gasteiger partial charge in [-0.3, -0.25) is 0 Å².